The molecule has 0 unspecified atom stereocenters. The van der Waals surface area contributed by atoms with Crippen LogP contribution in [0.2, 0.25) is 0 Å². The van der Waals surface area contributed by atoms with Gasteiger partial charge in [0.05, 0.1) is 0 Å². The molecule has 0 saturated heterocycles. The Bertz CT molecular complexity index is 637. The van der Waals surface area contributed by atoms with E-state index >= 15 is 0 Å². The zero-order valence-electron chi connectivity index (χ0n) is 11.0. The lowest BCUT2D eigenvalue weighted by molar-refractivity contribution is -0.132. The van der Waals surface area contributed by atoms with Crippen LogP contribution in [0.4, 0.5) is 0 Å². The number of carboxylic acids is 2. The normalized spacial score (nSPS) is 12.4. The van der Waals surface area contributed by atoms with Gasteiger partial charge in [0.25, 0.3) is 0 Å². The van der Waals surface area contributed by atoms with E-state index in [1.807, 2.05) is 21.5 Å². The first-order valence-corrected chi connectivity index (χ1v) is 9.88. The highest BCUT2D eigenvalue weighted by molar-refractivity contribution is 8.80. The molecule has 0 fully saturated rings. The van der Waals surface area contributed by atoms with Crippen molar-refractivity contribution in [2.45, 2.75) is 0 Å². The van der Waals surface area contributed by atoms with E-state index in [1.54, 1.807) is 12.1 Å². The topological polar surface area (TPSA) is 74.6 Å². The van der Waals surface area contributed by atoms with E-state index < -0.39 is 11.9 Å². The van der Waals surface area contributed by atoms with Crippen molar-refractivity contribution in [3.63, 3.8) is 0 Å². The molecule has 2 rings (SSSR count). The number of carbonyl (C=O) groups is 2. The van der Waals surface area contributed by atoms with Crippen LogP contribution in [0.1, 0.15) is 11.1 Å². The van der Waals surface area contributed by atoms with Crippen LogP contribution >= 0.6 is 44.3 Å². The number of hydrogen-bond acceptors (Lipinski definition) is 6. The van der Waals surface area contributed by atoms with Gasteiger partial charge in [0, 0.05) is 0 Å². The zero-order valence-corrected chi connectivity index (χ0v) is 14.2. The van der Waals surface area contributed by atoms with Crippen LogP contribution in [-0.4, -0.2) is 22.2 Å². The lowest BCUT2D eigenvalue weighted by Crippen LogP contribution is -1.98. The summed E-state index contributed by atoms with van der Waals surface area (Å²) in [4.78, 5) is 22.7. The van der Waals surface area contributed by atoms with Crippen LogP contribution in [0.25, 0.3) is 12.2 Å². The lowest BCUT2D eigenvalue weighted by atomic mass is 10.3. The number of carboxylic acid groups (broad SMARTS) is 2. The molecular formula is C14H10O4S4. The molecule has 0 aliphatic rings. The molecule has 0 amide bonds. The van der Waals surface area contributed by atoms with E-state index in [0.717, 1.165) is 32.7 Å². The molecule has 2 N–H and O–H groups in total. The molecular weight excluding hydrogens is 360 g/mol. The molecule has 114 valence electrons. The van der Waals surface area contributed by atoms with Crippen LogP contribution in [0.3, 0.4) is 0 Å². The maximum Gasteiger partial charge on any atom is 0.343 e. The van der Waals surface area contributed by atoms with Crippen LogP contribution < -0.4 is 0 Å². The molecule has 0 saturated carbocycles. The van der Waals surface area contributed by atoms with Gasteiger partial charge in [-0.2, -0.15) is 22.7 Å². The van der Waals surface area contributed by atoms with Crippen molar-refractivity contribution in [3.05, 3.63) is 54.6 Å². The highest BCUT2D eigenvalue weighted by atomic mass is 33.1. The zero-order chi connectivity index (χ0) is 15.9. The Kier molecular flexibility index (Phi) is 6.32. The van der Waals surface area contributed by atoms with E-state index in [0.29, 0.717) is 0 Å². The van der Waals surface area contributed by atoms with Gasteiger partial charge >= 0.3 is 11.9 Å². The lowest BCUT2D eigenvalue weighted by Gasteiger charge is -2.02. The van der Waals surface area contributed by atoms with E-state index in [4.69, 9.17) is 0 Å². The first kappa shape index (κ1) is 16.9. The van der Waals surface area contributed by atoms with Gasteiger partial charge in [-0.1, -0.05) is 0 Å². The molecule has 0 aliphatic carbocycles. The molecule has 0 spiro atoms. The summed E-state index contributed by atoms with van der Waals surface area (Å²) in [7, 11) is 1.85. The van der Waals surface area contributed by atoms with Crippen LogP contribution in [0.15, 0.2) is 43.5 Å². The summed E-state index contributed by atoms with van der Waals surface area (Å²) in [6.07, 6.45) is 3.06. The maximum atomic E-state index is 11.3. The standard InChI is InChI=1S/C14H10O4S4/c15-13(16)11(5-9-1-3-19-7-9)21-22-12(14(17)18)6-10-2-4-20-8-10/h1-8H,(H,15,16)(H,17,18). The van der Waals surface area contributed by atoms with Crippen LogP contribution in [-0.2, 0) is 9.59 Å². The molecule has 0 aromatic carbocycles. The summed E-state index contributed by atoms with van der Waals surface area (Å²) in [5.74, 6) is -2.16. The highest BCUT2D eigenvalue weighted by Gasteiger charge is 2.15. The van der Waals surface area contributed by atoms with Gasteiger partial charge in [-0.25, -0.2) is 9.59 Å². The SMILES string of the molecule is O=C(O)C(=Cc1ccsc1)SSC(=Cc1ccsc1)C(=O)O. The van der Waals surface area contributed by atoms with E-state index in [2.05, 4.69) is 0 Å². The Morgan fingerprint density at radius 2 is 1.27 bits per heavy atom. The molecule has 22 heavy (non-hydrogen) atoms. The summed E-state index contributed by atoms with van der Waals surface area (Å²) in [6, 6.07) is 3.61. The van der Waals surface area contributed by atoms with Crippen molar-refractivity contribution in [2.24, 2.45) is 0 Å². The molecule has 0 aliphatic heterocycles. The van der Waals surface area contributed by atoms with E-state index in [9.17, 15) is 19.8 Å². The number of thiophene rings is 2. The Morgan fingerprint density at radius 1 is 0.864 bits per heavy atom. The van der Waals surface area contributed by atoms with Crippen molar-refractivity contribution in [1.82, 2.24) is 0 Å². The monoisotopic (exact) mass is 370 g/mol. The van der Waals surface area contributed by atoms with E-state index in [1.165, 1.54) is 34.8 Å². The van der Waals surface area contributed by atoms with Gasteiger partial charge in [0.15, 0.2) is 0 Å². The Labute approximate surface area is 142 Å². The maximum absolute atomic E-state index is 11.3. The van der Waals surface area contributed by atoms with Crippen molar-refractivity contribution in [3.8, 4) is 0 Å². The van der Waals surface area contributed by atoms with Gasteiger partial charge in [-0.05, 0) is 78.5 Å². The van der Waals surface area contributed by atoms with Crippen LogP contribution in [0.5, 0.6) is 0 Å². The van der Waals surface area contributed by atoms with E-state index in [-0.39, 0.29) is 9.81 Å². The van der Waals surface area contributed by atoms with Crippen molar-refractivity contribution in [2.75, 3.05) is 0 Å². The summed E-state index contributed by atoms with van der Waals surface area (Å²) in [6.45, 7) is 0. The number of aliphatic carboxylic acids is 2. The summed E-state index contributed by atoms with van der Waals surface area (Å²) in [5.41, 5.74) is 1.57. The molecule has 0 bridgehead atoms. The molecule has 4 nitrogen and oxygen atoms in total. The molecule has 2 aromatic rings. The summed E-state index contributed by atoms with van der Waals surface area (Å²) < 4.78 is 0. The second-order valence-electron chi connectivity index (χ2n) is 3.91. The minimum Gasteiger partial charge on any atom is -0.477 e. The third kappa shape index (κ3) is 5.06. The van der Waals surface area contributed by atoms with Crippen molar-refractivity contribution in [1.29, 1.82) is 0 Å². The predicted octanol–water partition coefficient (Wildman–Crippen LogP) is 4.74. The Hall–Kier alpha value is -1.48. The largest absolute Gasteiger partial charge is 0.477 e. The molecule has 2 heterocycles. The molecule has 8 heteroatoms. The minimum atomic E-state index is -1.08. The quantitative estimate of drug-likeness (QED) is 0.541. The third-order valence-corrected chi connectivity index (χ3v) is 6.08. The fourth-order valence-electron chi connectivity index (χ4n) is 1.35. The average Bonchev–Trinajstić information content (AvgIpc) is 3.14. The number of hydrogen-bond donors (Lipinski definition) is 2. The second kappa shape index (κ2) is 8.23. The molecule has 0 radical (unpaired) electrons. The van der Waals surface area contributed by atoms with Gasteiger partial charge < -0.3 is 10.2 Å². The fraction of sp³-hybridized carbons (Fsp3) is 0. The van der Waals surface area contributed by atoms with Crippen molar-refractivity contribution >= 4 is 68.4 Å². The smallest absolute Gasteiger partial charge is 0.343 e. The first-order chi connectivity index (χ1) is 10.6. The Morgan fingerprint density at radius 3 is 1.55 bits per heavy atom. The minimum absolute atomic E-state index is 0.0841. The van der Waals surface area contributed by atoms with Gasteiger partial charge in [-0.15, -0.1) is 0 Å². The number of rotatable bonds is 7. The second-order valence-corrected chi connectivity index (χ2v) is 7.68. The Balaban J connectivity index is 2.13. The summed E-state index contributed by atoms with van der Waals surface area (Å²) in [5, 5.41) is 25.8. The van der Waals surface area contributed by atoms with Crippen LogP contribution in [0, 0.1) is 0 Å². The average molecular weight is 370 g/mol. The van der Waals surface area contributed by atoms with Gasteiger partial charge in [0.1, 0.15) is 9.81 Å². The third-order valence-electron chi connectivity index (χ3n) is 2.32. The van der Waals surface area contributed by atoms with Gasteiger partial charge in [-0.3, -0.25) is 0 Å². The van der Waals surface area contributed by atoms with Crippen molar-refractivity contribution < 1.29 is 19.8 Å². The summed E-state index contributed by atoms with van der Waals surface area (Å²) >= 11 is 2.93. The van der Waals surface area contributed by atoms with Gasteiger partial charge in [0.2, 0.25) is 0 Å². The fourth-order valence-corrected chi connectivity index (χ4v) is 4.53. The molecule has 2 aromatic heterocycles. The highest BCUT2D eigenvalue weighted by Crippen LogP contribution is 2.38. The predicted molar refractivity (Wildman–Crippen MR) is 95.0 cm³/mol. The first-order valence-electron chi connectivity index (χ1n) is 5.85. The molecule has 0 atom stereocenters.